The van der Waals surface area contributed by atoms with Crippen LogP contribution in [0, 0.1) is 11.6 Å². The standard InChI is InChI=1S/C11H12F2N2O5S/c1-11(2,10(14)18)15-21(19,20)6-4-3-5(12)7(8(6)13)9(16)17/h3-4,15H,1-2H3,(H2,14,18)(H,16,17). The van der Waals surface area contributed by atoms with E-state index in [0.29, 0.717) is 12.1 Å². The van der Waals surface area contributed by atoms with Gasteiger partial charge in [-0.3, -0.25) is 4.79 Å². The first-order valence-corrected chi connectivity index (χ1v) is 6.93. The van der Waals surface area contributed by atoms with Gasteiger partial charge in [-0.15, -0.1) is 0 Å². The highest BCUT2D eigenvalue weighted by Crippen LogP contribution is 2.22. The van der Waals surface area contributed by atoms with E-state index in [2.05, 4.69) is 0 Å². The number of hydrogen-bond donors (Lipinski definition) is 3. The molecule has 0 bridgehead atoms. The highest BCUT2D eigenvalue weighted by Gasteiger charge is 2.34. The summed E-state index contributed by atoms with van der Waals surface area (Å²) in [6.45, 7) is 2.26. The second kappa shape index (κ2) is 5.37. The van der Waals surface area contributed by atoms with Crippen molar-refractivity contribution in [3.8, 4) is 0 Å². The van der Waals surface area contributed by atoms with Crippen LogP contribution in [0.4, 0.5) is 8.78 Å². The van der Waals surface area contributed by atoms with Gasteiger partial charge in [0.25, 0.3) is 0 Å². The van der Waals surface area contributed by atoms with Crippen molar-refractivity contribution >= 4 is 21.9 Å². The predicted molar refractivity (Wildman–Crippen MR) is 66.9 cm³/mol. The molecular weight excluding hydrogens is 310 g/mol. The van der Waals surface area contributed by atoms with E-state index >= 15 is 0 Å². The van der Waals surface area contributed by atoms with Crippen LogP contribution in [0.5, 0.6) is 0 Å². The molecule has 0 atom stereocenters. The zero-order valence-electron chi connectivity index (χ0n) is 11.0. The summed E-state index contributed by atoms with van der Waals surface area (Å²) < 4.78 is 52.9. The molecule has 0 saturated carbocycles. The molecule has 1 amide bonds. The third-order valence-electron chi connectivity index (χ3n) is 2.56. The molecule has 1 aromatic rings. The molecule has 0 aliphatic heterocycles. The van der Waals surface area contributed by atoms with E-state index in [1.165, 1.54) is 0 Å². The van der Waals surface area contributed by atoms with Gasteiger partial charge in [-0.2, -0.15) is 4.72 Å². The van der Waals surface area contributed by atoms with Gasteiger partial charge < -0.3 is 10.8 Å². The Hall–Kier alpha value is -2.07. The van der Waals surface area contributed by atoms with Gasteiger partial charge in [-0.1, -0.05) is 0 Å². The number of carbonyl (C=O) groups is 2. The second-order valence-corrected chi connectivity index (χ2v) is 6.29. The Bertz CT molecular complexity index is 716. The molecule has 1 aromatic carbocycles. The van der Waals surface area contributed by atoms with Crippen molar-refractivity contribution in [2.75, 3.05) is 0 Å². The molecule has 0 heterocycles. The number of carboxylic acid groups (broad SMARTS) is 1. The highest BCUT2D eigenvalue weighted by atomic mass is 32.2. The summed E-state index contributed by atoms with van der Waals surface area (Å²) in [6.07, 6.45) is 0. The molecule has 10 heteroatoms. The Kier molecular flexibility index (Phi) is 4.34. The van der Waals surface area contributed by atoms with Crippen LogP contribution >= 0.6 is 0 Å². The number of hydrogen-bond acceptors (Lipinski definition) is 4. The topological polar surface area (TPSA) is 127 Å². The van der Waals surface area contributed by atoms with E-state index in [-0.39, 0.29) is 0 Å². The summed E-state index contributed by atoms with van der Waals surface area (Å²) in [5.74, 6) is -6.19. The summed E-state index contributed by atoms with van der Waals surface area (Å²) in [6, 6.07) is 1.05. The minimum absolute atomic E-state index is 0.498. The number of rotatable bonds is 5. The van der Waals surface area contributed by atoms with Crippen LogP contribution in [0.3, 0.4) is 0 Å². The number of halogens is 2. The molecule has 21 heavy (non-hydrogen) atoms. The fourth-order valence-electron chi connectivity index (χ4n) is 1.38. The van der Waals surface area contributed by atoms with Crippen molar-refractivity contribution in [1.82, 2.24) is 4.72 Å². The molecule has 0 aromatic heterocycles. The van der Waals surface area contributed by atoms with Gasteiger partial charge in [-0.05, 0) is 26.0 Å². The SMILES string of the molecule is CC(C)(NS(=O)(=O)c1ccc(F)c(C(=O)O)c1F)C(N)=O. The van der Waals surface area contributed by atoms with E-state index < -0.39 is 49.5 Å². The van der Waals surface area contributed by atoms with Gasteiger partial charge in [-0.25, -0.2) is 22.0 Å². The Morgan fingerprint density at radius 2 is 1.81 bits per heavy atom. The van der Waals surface area contributed by atoms with Crippen molar-refractivity contribution < 1.29 is 31.9 Å². The lowest BCUT2D eigenvalue weighted by molar-refractivity contribution is -0.122. The number of sulfonamides is 1. The lowest BCUT2D eigenvalue weighted by atomic mass is 10.1. The van der Waals surface area contributed by atoms with Crippen LogP contribution < -0.4 is 10.5 Å². The Morgan fingerprint density at radius 1 is 1.29 bits per heavy atom. The van der Waals surface area contributed by atoms with Crippen LogP contribution in [0.2, 0.25) is 0 Å². The number of primary amides is 1. The third-order valence-corrected chi connectivity index (χ3v) is 4.24. The quantitative estimate of drug-likeness (QED) is 0.714. The summed E-state index contributed by atoms with van der Waals surface area (Å²) in [5.41, 5.74) is 1.83. The van der Waals surface area contributed by atoms with Gasteiger partial charge in [0.1, 0.15) is 21.8 Å². The maximum atomic E-state index is 13.9. The first-order valence-electron chi connectivity index (χ1n) is 5.45. The number of benzene rings is 1. The lowest BCUT2D eigenvalue weighted by Crippen LogP contribution is -2.53. The zero-order chi connectivity index (χ0) is 16.6. The number of carbonyl (C=O) groups excluding carboxylic acids is 1. The molecule has 7 nitrogen and oxygen atoms in total. The molecule has 0 fully saturated rings. The maximum absolute atomic E-state index is 13.9. The van der Waals surface area contributed by atoms with Gasteiger partial charge in [0, 0.05) is 0 Å². The van der Waals surface area contributed by atoms with Gasteiger partial charge in [0.2, 0.25) is 15.9 Å². The molecule has 0 radical (unpaired) electrons. The number of aromatic carboxylic acids is 1. The summed E-state index contributed by atoms with van der Waals surface area (Å²) in [7, 11) is -4.62. The van der Waals surface area contributed by atoms with E-state index in [4.69, 9.17) is 10.8 Å². The molecule has 0 aliphatic carbocycles. The zero-order valence-corrected chi connectivity index (χ0v) is 11.8. The second-order valence-electron chi connectivity index (χ2n) is 4.63. The number of nitrogens with one attached hydrogen (secondary N) is 1. The van der Waals surface area contributed by atoms with Crippen LogP contribution in [-0.4, -0.2) is 30.9 Å². The minimum Gasteiger partial charge on any atom is -0.477 e. The highest BCUT2D eigenvalue weighted by molar-refractivity contribution is 7.89. The van der Waals surface area contributed by atoms with Crippen LogP contribution in [0.1, 0.15) is 24.2 Å². The van der Waals surface area contributed by atoms with E-state index in [9.17, 15) is 26.8 Å². The average Bonchev–Trinajstić information content (AvgIpc) is 2.25. The first-order chi connectivity index (χ1) is 9.40. The van der Waals surface area contributed by atoms with E-state index in [1.807, 2.05) is 4.72 Å². The summed E-state index contributed by atoms with van der Waals surface area (Å²) in [5, 5.41) is 8.69. The molecule has 0 saturated heterocycles. The summed E-state index contributed by atoms with van der Waals surface area (Å²) >= 11 is 0. The molecule has 116 valence electrons. The minimum atomic E-state index is -4.62. The largest absolute Gasteiger partial charge is 0.477 e. The van der Waals surface area contributed by atoms with E-state index in [0.717, 1.165) is 13.8 Å². The number of nitrogens with two attached hydrogens (primary N) is 1. The average molecular weight is 322 g/mol. The predicted octanol–water partition coefficient (Wildman–Crippen LogP) is 0.205. The lowest BCUT2D eigenvalue weighted by Gasteiger charge is -2.22. The van der Waals surface area contributed by atoms with Crippen molar-refractivity contribution in [1.29, 1.82) is 0 Å². The van der Waals surface area contributed by atoms with Crippen LogP contribution in [-0.2, 0) is 14.8 Å². The Balaban J connectivity index is 3.44. The van der Waals surface area contributed by atoms with Crippen molar-refractivity contribution in [2.45, 2.75) is 24.3 Å². The monoisotopic (exact) mass is 322 g/mol. The molecule has 4 N–H and O–H groups in total. The normalized spacial score (nSPS) is 12.2. The van der Waals surface area contributed by atoms with Crippen LogP contribution in [0.25, 0.3) is 0 Å². The third kappa shape index (κ3) is 3.34. The molecule has 0 aliphatic rings. The Labute approximate surface area is 118 Å². The van der Waals surface area contributed by atoms with E-state index in [1.54, 1.807) is 0 Å². The first kappa shape index (κ1) is 17.0. The smallest absolute Gasteiger partial charge is 0.341 e. The number of carboxylic acids is 1. The van der Waals surface area contributed by atoms with Gasteiger partial charge in [0.05, 0.1) is 0 Å². The molecule has 0 spiro atoms. The van der Waals surface area contributed by atoms with Crippen molar-refractivity contribution in [3.63, 3.8) is 0 Å². The fraction of sp³-hybridized carbons (Fsp3) is 0.273. The fourth-order valence-corrected chi connectivity index (χ4v) is 2.85. The van der Waals surface area contributed by atoms with Gasteiger partial charge >= 0.3 is 5.97 Å². The molecule has 0 unspecified atom stereocenters. The summed E-state index contributed by atoms with van der Waals surface area (Å²) in [4.78, 5) is 20.7. The van der Waals surface area contributed by atoms with Crippen LogP contribution in [0.15, 0.2) is 17.0 Å². The Morgan fingerprint density at radius 3 is 2.24 bits per heavy atom. The van der Waals surface area contributed by atoms with Gasteiger partial charge in [0.15, 0.2) is 5.82 Å². The molecular formula is C11H12F2N2O5S. The number of amides is 1. The molecule has 1 rings (SSSR count). The van der Waals surface area contributed by atoms with Crippen molar-refractivity contribution in [3.05, 3.63) is 29.3 Å². The van der Waals surface area contributed by atoms with Crippen molar-refractivity contribution in [2.24, 2.45) is 5.73 Å². The maximum Gasteiger partial charge on any atom is 0.341 e.